The van der Waals surface area contributed by atoms with Crippen LogP contribution in [0.25, 0.3) is 11.3 Å². The van der Waals surface area contributed by atoms with Crippen molar-refractivity contribution >= 4 is 0 Å². The lowest BCUT2D eigenvalue weighted by Gasteiger charge is -2.27. The summed E-state index contributed by atoms with van der Waals surface area (Å²) in [5.41, 5.74) is 3.67. The first-order valence-electron chi connectivity index (χ1n) is 12.5. The lowest BCUT2D eigenvalue weighted by Crippen LogP contribution is -2.14. The van der Waals surface area contributed by atoms with Gasteiger partial charge in [0.15, 0.2) is 0 Å². The fourth-order valence-electron chi connectivity index (χ4n) is 4.67. The second-order valence-corrected chi connectivity index (χ2v) is 9.17. The second kappa shape index (κ2) is 12.8. The number of hydrogen-bond donors (Lipinski definition) is 0. The summed E-state index contributed by atoms with van der Waals surface area (Å²) in [7, 11) is 0. The first kappa shape index (κ1) is 22.8. The molecule has 164 valence electrons. The number of pyridine rings is 1. The molecule has 0 radical (unpaired) electrons. The number of aromatic nitrogens is 1. The molecule has 1 heterocycles. The van der Waals surface area contributed by atoms with Crippen molar-refractivity contribution in [2.75, 3.05) is 6.61 Å². The van der Waals surface area contributed by atoms with E-state index in [2.05, 4.69) is 55.2 Å². The molecule has 0 unspecified atom stereocenters. The Labute approximate surface area is 184 Å². The van der Waals surface area contributed by atoms with Crippen LogP contribution in [-0.4, -0.2) is 11.6 Å². The maximum atomic E-state index is 5.84. The zero-order valence-electron chi connectivity index (χ0n) is 19.2. The Bertz CT molecular complexity index is 698. The van der Waals surface area contributed by atoms with Crippen LogP contribution >= 0.6 is 0 Å². The van der Waals surface area contributed by atoms with E-state index in [1.807, 2.05) is 6.20 Å². The van der Waals surface area contributed by atoms with Gasteiger partial charge < -0.3 is 4.74 Å². The number of ether oxygens (including phenoxy) is 1. The molecule has 0 spiro atoms. The van der Waals surface area contributed by atoms with Crippen molar-refractivity contribution in [2.24, 2.45) is 11.8 Å². The topological polar surface area (TPSA) is 22.1 Å². The van der Waals surface area contributed by atoms with Crippen LogP contribution < -0.4 is 4.74 Å². The molecular weight excluding hydrogens is 366 g/mol. The molecule has 0 aliphatic heterocycles. The summed E-state index contributed by atoms with van der Waals surface area (Å²) in [6, 6.07) is 13.1. The van der Waals surface area contributed by atoms with Gasteiger partial charge in [0.2, 0.25) is 0 Å². The molecule has 1 fully saturated rings. The number of rotatable bonds is 12. The molecule has 30 heavy (non-hydrogen) atoms. The average Bonchev–Trinajstić information content (AvgIpc) is 2.81. The Morgan fingerprint density at radius 3 is 2.23 bits per heavy atom. The van der Waals surface area contributed by atoms with E-state index in [0.29, 0.717) is 0 Å². The quantitative estimate of drug-likeness (QED) is 0.330. The molecule has 1 saturated carbocycles. The summed E-state index contributed by atoms with van der Waals surface area (Å²) in [4.78, 5) is 4.62. The van der Waals surface area contributed by atoms with E-state index < -0.39 is 0 Å². The lowest BCUT2D eigenvalue weighted by molar-refractivity contribution is 0.259. The highest BCUT2D eigenvalue weighted by molar-refractivity contribution is 5.59. The SMILES string of the molecule is CCCCCCCOc1ccc(-c2ccc(CC[C@H]3CC[C@H](CC)CC3)cc2)nc1. The first-order chi connectivity index (χ1) is 14.8. The highest BCUT2D eigenvalue weighted by atomic mass is 16.5. The standard InChI is InChI=1S/C28H41NO/c1-3-5-6-7-8-21-30-27-19-20-28(29-22-27)26-17-15-25(16-18-26)14-13-24-11-9-23(4-2)10-12-24/h15-20,22-24H,3-14,21H2,1-2H3/t23-,24-. The number of nitrogens with zero attached hydrogens (tertiary/aromatic N) is 1. The van der Waals surface area contributed by atoms with Crippen molar-refractivity contribution in [2.45, 2.75) is 90.9 Å². The molecule has 1 aliphatic rings. The van der Waals surface area contributed by atoms with Gasteiger partial charge in [-0.25, -0.2) is 0 Å². The van der Waals surface area contributed by atoms with Gasteiger partial charge in [-0.05, 0) is 48.8 Å². The third kappa shape index (κ3) is 7.45. The van der Waals surface area contributed by atoms with Crippen LogP contribution in [0.1, 0.15) is 90.0 Å². The maximum Gasteiger partial charge on any atom is 0.137 e. The molecule has 0 saturated heterocycles. The summed E-state index contributed by atoms with van der Waals surface area (Å²) in [6.45, 7) is 5.38. The molecule has 2 aromatic rings. The largest absolute Gasteiger partial charge is 0.492 e. The Morgan fingerprint density at radius 1 is 0.833 bits per heavy atom. The monoisotopic (exact) mass is 407 g/mol. The third-order valence-electron chi connectivity index (χ3n) is 6.89. The van der Waals surface area contributed by atoms with E-state index in [1.54, 1.807) is 0 Å². The highest BCUT2D eigenvalue weighted by Crippen LogP contribution is 2.33. The van der Waals surface area contributed by atoms with E-state index in [0.717, 1.165) is 36.3 Å². The molecule has 0 amide bonds. The maximum absolute atomic E-state index is 5.84. The highest BCUT2D eigenvalue weighted by Gasteiger charge is 2.19. The molecular formula is C28H41NO. The zero-order chi connectivity index (χ0) is 21.0. The van der Waals surface area contributed by atoms with Gasteiger partial charge in [-0.15, -0.1) is 0 Å². The minimum absolute atomic E-state index is 0.791. The minimum Gasteiger partial charge on any atom is -0.492 e. The van der Waals surface area contributed by atoms with Crippen molar-refractivity contribution in [3.63, 3.8) is 0 Å². The molecule has 0 atom stereocenters. The van der Waals surface area contributed by atoms with Gasteiger partial charge in [-0.1, -0.05) is 95.9 Å². The molecule has 1 aliphatic carbocycles. The predicted molar refractivity (Wildman–Crippen MR) is 128 cm³/mol. The van der Waals surface area contributed by atoms with Crippen molar-refractivity contribution in [1.29, 1.82) is 0 Å². The molecule has 1 aromatic heterocycles. The Balaban J connectivity index is 1.41. The fourth-order valence-corrected chi connectivity index (χ4v) is 4.67. The van der Waals surface area contributed by atoms with E-state index in [-0.39, 0.29) is 0 Å². The van der Waals surface area contributed by atoms with Crippen molar-refractivity contribution in [3.05, 3.63) is 48.2 Å². The molecule has 1 aromatic carbocycles. The Hall–Kier alpha value is -1.83. The van der Waals surface area contributed by atoms with Gasteiger partial charge in [0.05, 0.1) is 18.5 Å². The van der Waals surface area contributed by atoms with E-state index in [1.165, 1.54) is 81.8 Å². The number of benzene rings is 1. The number of hydrogen-bond acceptors (Lipinski definition) is 2. The zero-order valence-corrected chi connectivity index (χ0v) is 19.2. The molecule has 2 nitrogen and oxygen atoms in total. The van der Waals surface area contributed by atoms with Crippen molar-refractivity contribution in [1.82, 2.24) is 4.98 Å². The van der Waals surface area contributed by atoms with Gasteiger partial charge in [0.25, 0.3) is 0 Å². The lowest BCUT2D eigenvalue weighted by atomic mass is 9.78. The molecule has 0 bridgehead atoms. The van der Waals surface area contributed by atoms with Crippen LogP contribution in [0, 0.1) is 11.8 Å². The molecule has 0 N–H and O–H groups in total. The van der Waals surface area contributed by atoms with Gasteiger partial charge in [-0.3, -0.25) is 4.98 Å². The Kier molecular flexibility index (Phi) is 9.73. The summed E-state index contributed by atoms with van der Waals surface area (Å²) in [5.74, 6) is 2.81. The molecule has 2 heteroatoms. The van der Waals surface area contributed by atoms with Crippen LogP contribution in [0.3, 0.4) is 0 Å². The van der Waals surface area contributed by atoms with E-state index >= 15 is 0 Å². The second-order valence-electron chi connectivity index (χ2n) is 9.17. The fraction of sp³-hybridized carbons (Fsp3) is 0.607. The van der Waals surface area contributed by atoms with Crippen LogP contribution in [0.15, 0.2) is 42.6 Å². The van der Waals surface area contributed by atoms with Gasteiger partial charge in [0.1, 0.15) is 5.75 Å². The summed E-state index contributed by atoms with van der Waals surface area (Å²) < 4.78 is 5.84. The Morgan fingerprint density at radius 2 is 1.57 bits per heavy atom. The van der Waals surface area contributed by atoms with Crippen LogP contribution in [0.4, 0.5) is 0 Å². The smallest absolute Gasteiger partial charge is 0.137 e. The van der Waals surface area contributed by atoms with Crippen molar-refractivity contribution < 1.29 is 4.74 Å². The van der Waals surface area contributed by atoms with Crippen LogP contribution in [0.5, 0.6) is 5.75 Å². The van der Waals surface area contributed by atoms with E-state index in [4.69, 9.17) is 4.74 Å². The first-order valence-corrected chi connectivity index (χ1v) is 12.5. The summed E-state index contributed by atoms with van der Waals surface area (Å²) in [5, 5.41) is 0. The third-order valence-corrected chi connectivity index (χ3v) is 6.89. The number of unbranched alkanes of at least 4 members (excludes halogenated alkanes) is 4. The minimum atomic E-state index is 0.791. The number of aryl methyl sites for hydroxylation is 1. The average molecular weight is 408 g/mol. The normalized spacial score (nSPS) is 19.0. The summed E-state index contributed by atoms with van der Waals surface area (Å²) in [6.07, 6.45) is 17.9. The van der Waals surface area contributed by atoms with E-state index in [9.17, 15) is 0 Å². The van der Waals surface area contributed by atoms with Crippen LogP contribution in [-0.2, 0) is 6.42 Å². The molecule has 3 rings (SSSR count). The van der Waals surface area contributed by atoms with Crippen LogP contribution in [0.2, 0.25) is 0 Å². The van der Waals surface area contributed by atoms with Gasteiger partial charge in [0, 0.05) is 5.56 Å². The predicted octanol–water partition coefficient (Wildman–Crippen LogP) is 8.25. The van der Waals surface area contributed by atoms with Gasteiger partial charge in [-0.2, -0.15) is 0 Å². The van der Waals surface area contributed by atoms with Gasteiger partial charge >= 0.3 is 0 Å². The van der Waals surface area contributed by atoms with Crippen molar-refractivity contribution in [3.8, 4) is 17.0 Å². The summed E-state index contributed by atoms with van der Waals surface area (Å²) >= 11 is 0.